The van der Waals surface area contributed by atoms with Crippen molar-refractivity contribution in [2.24, 2.45) is 0 Å². The van der Waals surface area contributed by atoms with Crippen LogP contribution >= 0.6 is 0 Å². The van der Waals surface area contributed by atoms with E-state index in [1.165, 1.54) is 16.2 Å². The summed E-state index contributed by atoms with van der Waals surface area (Å²) in [6, 6.07) is 13.9. The van der Waals surface area contributed by atoms with E-state index in [1.54, 1.807) is 24.8 Å². The van der Waals surface area contributed by atoms with Crippen molar-refractivity contribution in [3.63, 3.8) is 0 Å². The molecule has 35 heavy (non-hydrogen) atoms. The molecule has 2 aromatic carbocycles. The summed E-state index contributed by atoms with van der Waals surface area (Å²) in [4.78, 5) is 28.0. The lowest BCUT2D eigenvalue weighted by Gasteiger charge is -2.30. The minimum atomic E-state index is -0.313. The van der Waals surface area contributed by atoms with Crippen LogP contribution in [0.5, 0.6) is 0 Å². The molecule has 6 rings (SSSR count). The first-order chi connectivity index (χ1) is 17.0. The molecule has 3 aromatic heterocycles. The van der Waals surface area contributed by atoms with E-state index >= 15 is 0 Å². The molecule has 0 saturated carbocycles. The van der Waals surface area contributed by atoms with Crippen LogP contribution in [-0.4, -0.2) is 35.8 Å². The van der Waals surface area contributed by atoms with Crippen LogP contribution in [0.1, 0.15) is 36.0 Å². The normalized spacial score (nSPS) is 15.9. The lowest BCUT2D eigenvalue weighted by atomic mass is 9.93. The molecular formula is C27H26N6O2. The number of fused-ring (bicyclic) bond motifs is 2. The molecule has 8 heteroatoms. The molecule has 8 nitrogen and oxygen atoms in total. The highest BCUT2D eigenvalue weighted by Gasteiger charge is 2.32. The van der Waals surface area contributed by atoms with Gasteiger partial charge in [-0.3, -0.25) is 15.1 Å². The van der Waals surface area contributed by atoms with Crippen molar-refractivity contribution >= 4 is 16.7 Å². The summed E-state index contributed by atoms with van der Waals surface area (Å²) in [7, 11) is 0. The highest BCUT2D eigenvalue weighted by molar-refractivity contribution is 5.86. The zero-order valence-corrected chi connectivity index (χ0v) is 19.6. The Balaban J connectivity index is 1.42. The first-order valence-corrected chi connectivity index (χ1v) is 11.8. The van der Waals surface area contributed by atoms with Gasteiger partial charge in [-0.05, 0) is 61.6 Å². The molecule has 2 atom stereocenters. The summed E-state index contributed by atoms with van der Waals surface area (Å²) in [5.74, 6) is 0.583. The lowest BCUT2D eigenvalue weighted by Crippen LogP contribution is -2.35. The number of aryl methyl sites for hydroxylation is 2. The molecule has 0 saturated heterocycles. The van der Waals surface area contributed by atoms with E-state index < -0.39 is 0 Å². The van der Waals surface area contributed by atoms with Crippen molar-refractivity contribution in [1.82, 2.24) is 24.5 Å². The number of aromatic amines is 2. The number of hydrogen-bond donors (Lipinski definition) is 3. The fraction of sp³-hybridized carbons (Fsp3) is 0.222. The maximum absolute atomic E-state index is 13.0. The van der Waals surface area contributed by atoms with Crippen molar-refractivity contribution in [2.45, 2.75) is 38.6 Å². The molecule has 1 aliphatic carbocycles. The summed E-state index contributed by atoms with van der Waals surface area (Å²) < 4.78 is 1.92. The molecular weight excluding hydrogens is 440 g/mol. The fourth-order valence-corrected chi connectivity index (χ4v) is 5.32. The second-order valence-electron chi connectivity index (χ2n) is 9.21. The Hall–Kier alpha value is -4.17. The van der Waals surface area contributed by atoms with Crippen molar-refractivity contribution in [2.75, 3.05) is 5.06 Å². The highest BCUT2D eigenvalue weighted by atomic mass is 16.5. The third-order valence-electron chi connectivity index (χ3n) is 7.13. The van der Waals surface area contributed by atoms with Gasteiger partial charge < -0.3 is 14.5 Å². The van der Waals surface area contributed by atoms with E-state index in [0.29, 0.717) is 17.1 Å². The van der Waals surface area contributed by atoms with Gasteiger partial charge >= 0.3 is 0 Å². The van der Waals surface area contributed by atoms with E-state index in [1.807, 2.05) is 42.8 Å². The number of pyridine rings is 1. The van der Waals surface area contributed by atoms with Crippen molar-refractivity contribution in [3.05, 3.63) is 94.4 Å². The molecule has 0 radical (unpaired) electrons. The van der Waals surface area contributed by atoms with Crippen LogP contribution in [0.15, 0.2) is 72.2 Å². The van der Waals surface area contributed by atoms with Gasteiger partial charge in [0.2, 0.25) is 0 Å². The van der Waals surface area contributed by atoms with Gasteiger partial charge in [-0.2, -0.15) is 0 Å². The maximum Gasteiger partial charge on any atom is 0.261 e. The van der Waals surface area contributed by atoms with Crippen LogP contribution < -0.4 is 10.6 Å². The quantitative estimate of drug-likeness (QED) is 0.325. The zero-order valence-electron chi connectivity index (χ0n) is 19.6. The number of nitrogens with one attached hydrogen (secondary N) is 2. The van der Waals surface area contributed by atoms with Gasteiger partial charge in [0.05, 0.1) is 29.1 Å². The van der Waals surface area contributed by atoms with Crippen molar-refractivity contribution in [1.29, 1.82) is 0 Å². The number of imidazole rings is 2. The Morgan fingerprint density at radius 3 is 2.91 bits per heavy atom. The molecule has 0 bridgehead atoms. The van der Waals surface area contributed by atoms with Crippen molar-refractivity contribution in [3.8, 4) is 17.1 Å². The molecule has 1 aliphatic rings. The monoisotopic (exact) mass is 466 g/mol. The van der Waals surface area contributed by atoms with Gasteiger partial charge in [0.1, 0.15) is 11.4 Å². The van der Waals surface area contributed by atoms with Gasteiger partial charge in [0.15, 0.2) is 0 Å². The second-order valence-corrected chi connectivity index (χ2v) is 9.21. The molecule has 5 aromatic rings. The first-order valence-electron chi connectivity index (χ1n) is 11.8. The van der Waals surface area contributed by atoms with E-state index in [0.717, 1.165) is 35.1 Å². The molecule has 3 heterocycles. The average molecular weight is 467 g/mol. The number of aromatic nitrogens is 5. The lowest BCUT2D eigenvalue weighted by molar-refractivity contribution is 0.207. The molecule has 0 spiro atoms. The van der Waals surface area contributed by atoms with Gasteiger partial charge in [-0.15, -0.1) is 0 Å². The number of nitrogens with zero attached hydrogens (tertiary/aromatic N) is 4. The van der Waals surface area contributed by atoms with Crippen LogP contribution in [0, 0.1) is 6.92 Å². The number of rotatable bonds is 5. The van der Waals surface area contributed by atoms with E-state index in [9.17, 15) is 10.0 Å². The Bertz CT molecular complexity index is 1580. The molecule has 176 valence electrons. The van der Waals surface area contributed by atoms with Crippen LogP contribution in [0.4, 0.5) is 5.69 Å². The third kappa shape index (κ3) is 3.54. The molecule has 3 N–H and O–H groups in total. The molecule has 0 fully saturated rings. The highest BCUT2D eigenvalue weighted by Crippen LogP contribution is 2.39. The first kappa shape index (κ1) is 21.4. The topological polar surface area (TPSA) is 103 Å². The predicted octanol–water partition coefficient (Wildman–Crippen LogP) is 4.73. The zero-order chi connectivity index (χ0) is 24.1. The van der Waals surface area contributed by atoms with E-state index in [4.69, 9.17) is 4.98 Å². The maximum atomic E-state index is 13.0. The average Bonchev–Trinajstić information content (AvgIpc) is 3.62. The summed E-state index contributed by atoms with van der Waals surface area (Å²) in [5.41, 5.74) is 6.52. The Kier molecular flexibility index (Phi) is 5.04. The Morgan fingerprint density at radius 2 is 2.09 bits per heavy atom. The number of hydroxylamine groups is 1. The standard InChI is InChI=1S/C27H26N6O2/c1-16-13-19(32-12-11-28-15-32)14-22-25(16)31-26(30-22)24-23(9-10-29-27(24)34)33(35)17(2)20-8-7-18-5-3-4-6-21(18)20/h3-6,9-15,17,20,35H,7-8H2,1-2H3,(H,29,34)(H,30,31). The molecule has 0 aliphatic heterocycles. The smallest absolute Gasteiger partial charge is 0.261 e. The van der Waals surface area contributed by atoms with Crippen LogP contribution in [0.2, 0.25) is 0 Å². The summed E-state index contributed by atoms with van der Waals surface area (Å²) in [6.07, 6.45) is 8.85. The summed E-state index contributed by atoms with van der Waals surface area (Å²) >= 11 is 0. The largest absolute Gasteiger partial charge is 0.338 e. The molecule has 2 unspecified atom stereocenters. The Labute approximate surface area is 201 Å². The number of benzene rings is 2. The van der Waals surface area contributed by atoms with Crippen LogP contribution in [0.3, 0.4) is 0 Å². The van der Waals surface area contributed by atoms with Gasteiger partial charge in [0.25, 0.3) is 5.56 Å². The van der Waals surface area contributed by atoms with Gasteiger partial charge in [-0.25, -0.2) is 9.97 Å². The minimum absolute atomic E-state index is 0.166. The second kappa shape index (κ2) is 8.25. The predicted molar refractivity (Wildman–Crippen MR) is 135 cm³/mol. The SMILES string of the molecule is Cc1cc(-n2ccnc2)cc2[nH]c(-c3c(N(O)C(C)C4CCc5ccccc54)cc[nH]c3=O)nc12. The number of hydrogen-bond acceptors (Lipinski definition) is 5. The summed E-state index contributed by atoms with van der Waals surface area (Å²) in [6.45, 7) is 3.99. The third-order valence-corrected chi connectivity index (χ3v) is 7.13. The van der Waals surface area contributed by atoms with Crippen molar-refractivity contribution < 1.29 is 5.21 Å². The summed E-state index contributed by atoms with van der Waals surface area (Å²) in [5, 5.41) is 12.6. The minimum Gasteiger partial charge on any atom is -0.338 e. The van der Waals surface area contributed by atoms with E-state index in [2.05, 4.69) is 33.2 Å². The van der Waals surface area contributed by atoms with Gasteiger partial charge in [0, 0.05) is 30.2 Å². The van der Waals surface area contributed by atoms with Crippen LogP contribution in [0.25, 0.3) is 28.1 Å². The van der Waals surface area contributed by atoms with Crippen LogP contribution in [-0.2, 0) is 6.42 Å². The fourth-order valence-electron chi connectivity index (χ4n) is 5.32. The number of H-pyrrole nitrogens is 2. The number of anilines is 1. The molecule has 0 amide bonds. The van der Waals surface area contributed by atoms with E-state index in [-0.39, 0.29) is 17.5 Å². The Morgan fingerprint density at radius 1 is 1.23 bits per heavy atom. The van der Waals surface area contributed by atoms with Gasteiger partial charge in [-0.1, -0.05) is 24.3 Å².